The van der Waals surface area contributed by atoms with E-state index in [1.807, 2.05) is 13.8 Å². The fourth-order valence-corrected chi connectivity index (χ4v) is 1.69. The van der Waals surface area contributed by atoms with Crippen LogP contribution in [-0.2, 0) is 9.59 Å². The number of carboxylic acid groups (broad SMARTS) is 1. The van der Waals surface area contributed by atoms with Crippen LogP contribution in [-0.4, -0.2) is 23.0 Å². The van der Waals surface area contributed by atoms with Crippen LogP contribution in [0.15, 0.2) is 30.3 Å². The Morgan fingerprint density at radius 1 is 1.30 bits per heavy atom. The molecule has 0 heterocycles. The van der Waals surface area contributed by atoms with Gasteiger partial charge in [0, 0.05) is 11.8 Å². The molecular formula is C15H20N2O3. The average Bonchev–Trinajstić information content (AvgIpc) is 2.37. The summed E-state index contributed by atoms with van der Waals surface area (Å²) in [5.74, 6) is -0.853. The van der Waals surface area contributed by atoms with Gasteiger partial charge < -0.3 is 16.2 Å². The van der Waals surface area contributed by atoms with Gasteiger partial charge in [-0.15, -0.1) is 0 Å². The first kappa shape index (κ1) is 15.9. The Morgan fingerprint density at radius 2 is 1.90 bits per heavy atom. The Bertz CT molecular complexity index is 492. The van der Waals surface area contributed by atoms with Crippen molar-refractivity contribution in [1.82, 2.24) is 0 Å². The van der Waals surface area contributed by atoms with Gasteiger partial charge >= 0.3 is 5.97 Å². The number of hydrogen-bond donors (Lipinski definition) is 3. The molecule has 1 atom stereocenters. The molecule has 1 amide bonds. The highest BCUT2D eigenvalue weighted by Gasteiger charge is 2.14. The maximum atomic E-state index is 11.8. The lowest BCUT2D eigenvalue weighted by molar-refractivity contribution is -0.131. The zero-order valence-electron chi connectivity index (χ0n) is 11.7. The zero-order chi connectivity index (χ0) is 15.1. The number of aliphatic carboxylic acids is 1. The summed E-state index contributed by atoms with van der Waals surface area (Å²) in [6.45, 7) is 4.02. The Kier molecular flexibility index (Phi) is 5.93. The Balaban J connectivity index is 2.61. The predicted molar refractivity (Wildman–Crippen MR) is 79.2 cm³/mol. The van der Waals surface area contributed by atoms with Crippen LogP contribution < -0.4 is 11.1 Å². The number of nitrogens with two attached hydrogens (primary N) is 1. The Hall–Kier alpha value is -2.14. The topological polar surface area (TPSA) is 92.4 Å². The standard InChI is InChI=1S/C15H20N2O3/c1-10(2)9-13(16)15(20)17-12-6-3-11(4-7-12)5-8-14(18)19/h3-8,10,13H,9,16H2,1-2H3,(H,17,20)(H,18,19)/b8-5+. The molecule has 5 heteroatoms. The third-order valence-electron chi connectivity index (χ3n) is 2.66. The summed E-state index contributed by atoms with van der Waals surface area (Å²) in [4.78, 5) is 22.2. The van der Waals surface area contributed by atoms with Gasteiger partial charge in [-0.05, 0) is 36.1 Å². The largest absolute Gasteiger partial charge is 0.478 e. The first-order chi connectivity index (χ1) is 9.38. The number of rotatable bonds is 6. The van der Waals surface area contributed by atoms with E-state index in [-0.39, 0.29) is 5.91 Å². The smallest absolute Gasteiger partial charge is 0.328 e. The minimum absolute atomic E-state index is 0.215. The van der Waals surface area contributed by atoms with E-state index < -0.39 is 12.0 Å². The maximum absolute atomic E-state index is 11.8. The van der Waals surface area contributed by atoms with Crippen molar-refractivity contribution in [2.24, 2.45) is 11.7 Å². The molecule has 1 aromatic carbocycles. The summed E-state index contributed by atoms with van der Waals surface area (Å²) in [7, 11) is 0. The van der Waals surface area contributed by atoms with Gasteiger partial charge in [-0.1, -0.05) is 26.0 Å². The minimum Gasteiger partial charge on any atom is -0.478 e. The number of carbonyl (C=O) groups is 2. The highest BCUT2D eigenvalue weighted by molar-refractivity contribution is 5.94. The fraction of sp³-hybridized carbons (Fsp3) is 0.333. The van der Waals surface area contributed by atoms with E-state index in [1.54, 1.807) is 24.3 Å². The summed E-state index contributed by atoms with van der Waals surface area (Å²) in [5.41, 5.74) is 7.18. The molecule has 4 N–H and O–H groups in total. The van der Waals surface area contributed by atoms with Gasteiger partial charge in [0.25, 0.3) is 0 Å². The van der Waals surface area contributed by atoms with E-state index in [1.165, 1.54) is 6.08 Å². The number of nitrogens with one attached hydrogen (secondary N) is 1. The molecule has 1 aromatic rings. The molecule has 1 rings (SSSR count). The first-order valence-electron chi connectivity index (χ1n) is 6.46. The molecule has 20 heavy (non-hydrogen) atoms. The number of anilines is 1. The van der Waals surface area contributed by atoms with Crippen molar-refractivity contribution < 1.29 is 14.7 Å². The normalized spacial score (nSPS) is 12.6. The number of hydrogen-bond acceptors (Lipinski definition) is 3. The number of amides is 1. The van der Waals surface area contributed by atoms with Crippen molar-refractivity contribution in [3.05, 3.63) is 35.9 Å². The van der Waals surface area contributed by atoms with Crippen LogP contribution in [0.5, 0.6) is 0 Å². The molecule has 0 aliphatic carbocycles. The van der Waals surface area contributed by atoms with Crippen LogP contribution in [0.3, 0.4) is 0 Å². The maximum Gasteiger partial charge on any atom is 0.328 e. The predicted octanol–water partition coefficient (Wildman–Crippen LogP) is 2.10. The highest BCUT2D eigenvalue weighted by Crippen LogP contribution is 2.12. The molecule has 0 aromatic heterocycles. The minimum atomic E-state index is -0.998. The molecule has 0 bridgehead atoms. The molecule has 108 valence electrons. The van der Waals surface area contributed by atoms with Crippen molar-refractivity contribution in [1.29, 1.82) is 0 Å². The van der Waals surface area contributed by atoms with Gasteiger partial charge in [0.05, 0.1) is 6.04 Å². The quantitative estimate of drug-likeness (QED) is 0.694. The van der Waals surface area contributed by atoms with Crippen molar-refractivity contribution >= 4 is 23.6 Å². The molecule has 1 unspecified atom stereocenters. The SMILES string of the molecule is CC(C)CC(N)C(=O)Nc1ccc(/C=C/C(=O)O)cc1. The van der Waals surface area contributed by atoms with Gasteiger partial charge in [-0.3, -0.25) is 4.79 Å². The van der Waals surface area contributed by atoms with Crippen molar-refractivity contribution in [3.63, 3.8) is 0 Å². The zero-order valence-corrected chi connectivity index (χ0v) is 11.7. The summed E-state index contributed by atoms with van der Waals surface area (Å²) in [5, 5.41) is 11.3. The second-order valence-electron chi connectivity index (χ2n) is 5.02. The molecule has 0 aliphatic rings. The lowest BCUT2D eigenvalue weighted by Crippen LogP contribution is -2.36. The van der Waals surface area contributed by atoms with Crippen molar-refractivity contribution in [3.8, 4) is 0 Å². The van der Waals surface area contributed by atoms with Gasteiger partial charge in [0.1, 0.15) is 0 Å². The van der Waals surface area contributed by atoms with Crippen LogP contribution in [0.4, 0.5) is 5.69 Å². The van der Waals surface area contributed by atoms with E-state index >= 15 is 0 Å². The summed E-state index contributed by atoms with van der Waals surface area (Å²) in [6, 6.07) is 6.34. The van der Waals surface area contributed by atoms with Crippen LogP contribution in [0.1, 0.15) is 25.8 Å². The second kappa shape index (κ2) is 7.45. The Labute approximate surface area is 118 Å². The molecular weight excluding hydrogens is 256 g/mol. The lowest BCUT2D eigenvalue weighted by atomic mass is 10.0. The molecule has 0 saturated heterocycles. The monoisotopic (exact) mass is 276 g/mol. The van der Waals surface area contributed by atoms with Crippen LogP contribution in [0.25, 0.3) is 6.08 Å². The van der Waals surface area contributed by atoms with Crippen LogP contribution in [0, 0.1) is 5.92 Å². The van der Waals surface area contributed by atoms with Gasteiger partial charge in [0.15, 0.2) is 0 Å². The van der Waals surface area contributed by atoms with E-state index in [0.29, 0.717) is 18.0 Å². The van der Waals surface area contributed by atoms with Crippen molar-refractivity contribution in [2.75, 3.05) is 5.32 Å². The molecule has 0 fully saturated rings. The molecule has 0 spiro atoms. The van der Waals surface area contributed by atoms with Crippen molar-refractivity contribution in [2.45, 2.75) is 26.3 Å². The third-order valence-corrected chi connectivity index (χ3v) is 2.66. The van der Waals surface area contributed by atoms with Gasteiger partial charge in [-0.25, -0.2) is 4.79 Å². The third kappa shape index (κ3) is 5.67. The summed E-state index contributed by atoms with van der Waals surface area (Å²) < 4.78 is 0. The summed E-state index contributed by atoms with van der Waals surface area (Å²) >= 11 is 0. The van der Waals surface area contributed by atoms with E-state index in [0.717, 1.165) is 11.6 Å². The molecule has 0 radical (unpaired) electrons. The molecule has 5 nitrogen and oxygen atoms in total. The number of benzene rings is 1. The van der Waals surface area contributed by atoms with E-state index in [2.05, 4.69) is 5.32 Å². The van der Waals surface area contributed by atoms with Crippen LogP contribution in [0.2, 0.25) is 0 Å². The fourth-order valence-electron chi connectivity index (χ4n) is 1.69. The van der Waals surface area contributed by atoms with E-state index in [4.69, 9.17) is 10.8 Å². The summed E-state index contributed by atoms with van der Waals surface area (Å²) in [6.07, 6.45) is 3.18. The number of carboxylic acids is 1. The van der Waals surface area contributed by atoms with Gasteiger partial charge in [0.2, 0.25) is 5.91 Å². The first-order valence-corrected chi connectivity index (χ1v) is 6.46. The van der Waals surface area contributed by atoms with Crippen LogP contribution >= 0.6 is 0 Å². The second-order valence-corrected chi connectivity index (χ2v) is 5.02. The lowest BCUT2D eigenvalue weighted by Gasteiger charge is -2.14. The Morgan fingerprint density at radius 3 is 2.40 bits per heavy atom. The number of carbonyl (C=O) groups excluding carboxylic acids is 1. The van der Waals surface area contributed by atoms with Gasteiger partial charge in [-0.2, -0.15) is 0 Å². The van der Waals surface area contributed by atoms with E-state index in [9.17, 15) is 9.59 Å². The molecule has 0 saturated carbocycles. The highest BCUT2D eigenvalue weighted by atomic mass is 16.4. The average molecular weight is 276 g/mol. The molecule has 0 aliphatic heterocycles.